The normalized spacial score (nSPS) is 22.1. The number of benzene rings is 1. The lowest BCUT2D eigenvalue weighted by Gasteiger charge is -2.50. The molecule has 248 valence electrons. The van der Waals surface area contributed by atoms with Gasteiger partial charge in [0.1, 0.15) is 23.6 Å². The fourth-order valence-corrected chi connectivity index (χ4v) is 6.37. The van der Waals surface area contributed by atoms with E-state index < -0.39 is 70.6 Å². The standard InChI is InChI=1S/C26H31N7O11S2/c1-26(2)15(23(36)33(26)44-46(39,40)41)9-19(34)21(16-12-45-25(27)29-16)30-43-20(24(37)38)11-42-14-4-5-17-13(8-14)10-32(31(17)3)18-6-7-28-22(18)35/h4-5,8,10,12,15,18,20,22,28,35H,6-7,9,11H2,1-3H3,(H3-,27,29,37,38,39,40,41)/p+1/b30-21-/t15-,18-,20+,22-/m1/s1. The summed E-state index contributed by atoms with van der Waals surface area (Å²) in [7, 11) is -3.13. The molecule has 5 rings (SSSR count). The van der Waals surface area contributed by atoms with Gasteiger partial charge in [-0.25, -0.2) is 9.78 Å². The van der Waals surface area contributed by atoms with E-state index in [1.165, 1.54) is 19.2 Å². The Kier molecular flexibility index (Phi) is 9.03. The second-order valence-electron chi connectivity index (χ2n) is 11.2. The zero-order valence-electron chi connectivity index (χ0n) is 24.8. The van der Waals surface area contributed by atoms with E-state index in [9.17, 15) is 33.0 Å². The van der Waals surface area contributed by atoms with Gasteiger partial charge in [-0.05, 0) is 32.0 Å². The van der Waals surface area contributed by atoms with E-state index >= 15 is 0 Å². The molecule has 46 heavy (non-hydrogen) atoms. The molecular formula is C26H32N7O11S2+. The molecule has 20 heteroatoms. The molecule has 0 radical (unpaired) electrons. The molecule has 1 aromatic carbocycles. The van der Waals surface area contributed by atoms with Gasteiger partial charge < -0.3 is 25.5 Å². The van der Waals surface area contributed by atoms with Gasteiger partial charge in [0.25, 0.3) is 12.0 Å². The molecule has 0 spiro atoms. The van der Waals surface area contributed by atoms with Crippen LogP contribution in [0.3, 0.4) is 0 Å². The van der Waals surface area contributed by atoms with Crippen molar-refractivity contribution in [3.63, 3.8) is 0 Å². The van der Waals surface area contributed by atoms with E-state index in [0.29, 0.717) is 17.4 Å². The molecule has 2 aliphatic heterocycles. The van der Waals surface area contributed by atoms with Crippen LogP contribution in [0.25, 0.3) is 10.9 Å². The van der Waals surface area contributed by atoms with Gasteiger partial charge in [0.15, 0.2) is 22.9 Å². The number of Topliss-reactive ketones (excluding diaryl/α,β-unsaturated/α-hetero) is 1. The van der Waals surface area contributed by atoms with Crippen molar-refractivity contribution in [1.29, 1.82) is 0 Å². The molecular weight excluding hydrogens is 650 g/mol. The number of aliphatic hydroxyl groups is 1. The smallest absolute Gasteiger partial charge is 0.418 e. The third-order valence-electron chi connectivity index (χ3n) is 7.87. The number of hydrogen-bond acceptors (Lipinski definition) is 14. The number of carbonyl (C=O) groups excluding carboxylic acids is 2. The highest BCUT2D eigenvalue weighted by atomic mass is 32.3. The lowest BCUT2D eigenvalue weighted by atomic mass is 9.74. The number of rotatable bonds is 13. The number of hydroxylamine groups is 2. The van der Waals surface area contributed by atoms with Crippen molar-refractivity contribution in [3.05, 3.63) is 35.5 Å². The molecule has 2 fully saturated rings. The number of aliphatic hydroxyl groups excluding tert-OH is 1. The number of thiazole rings is 1. The van der Waals surface area contributed by atoms with Crippen LogP contribution in [-0.2, 0) is 41.0 Å². The van der Waals surface area contributed by atoms with Gasteiger partial charge >= 0.3 is 16.4 Å². The van der Waals surface area contributed by atoms with Gasteiger partial charge in [0.05, 0.1) is 23.9 Å². The molecule has 4 heterocycles. The largest absolute Gasteiger partial charge is 0.489 e. The van der Waals surface area contributed by atoms with E-state index in [1.54, 1.807) is 18.2 Å². The van der Waals surface area contributed by atoms with E-state index in [1.807, 2.05) is 22.6 Å². The Labute approximate surface area is 265 Å². The highest BCUT2D eigenvalue weighted by Crippen LogP contribution is 2.40. The van der Waals surface area contributed by atoms with Crippen LogP contribution in [0.15, 0.2) is 34.9 Å². The summed E-state index contributed by atoms with van der Waals surface area (Å²) in [6, 6.07) is 4.99. The van der Waals surface area contributed by atoms with Gasteiger partial charge in [-0.15, -0.1) is 20.3 Å². The summed E-state index contributed by atoms with van der Waals surface area (Å²) in [6.45, 7) is 3.02. The number of oxime groups is 1. The number of nitrogen functional groups attached to an aromatic ring is 1. The first kappa shape index (κ1) is 33.2. The number of anilines is 1. The summed E-state index contributed by atoms with van der Waals surface area (Å²) in [6.07, 6.45) is -0.264. The second-order valence-corrected chi connectivity index (χ2v) is 13.1. The number of nitrogens with two attached hydrogens (primary N) is 1. The number of β-lactam (4-membered cyclic amide) rings is 1. The average molecular weight is 683 g/mol. The number of amides is 1. The highest BCUT2D eigenvalue weighted by Gasteiger charge is 2.57. The summed E-state index contributed by atoms with van der Waals surface area (Å²) in [4.78, 5) is 47.2. The van der Waals surface area contributed by atoms with Gasteiger partial charge in [0.2, 0.25) is 12.2 Å². The second kappa shape index (κ2) is 12.5. The number of ketones is 1. The molecule has 0 bridgehead atoms. The molecule has 2 aliphatic rings. The first-order valence-electron chi connectivity index (χ1n) is 13.8. The Balaban J connectivity index is 1.30. The monoisotopic (exact) mass is 682 g/mol. The number of carboxylic acid groups (broad SMARTS) is 1. The van der Waals surface area contributed by atoms with Crippen LogP contribution in [0.4, 0.5) is 5.13 Å². The lowest BCUT2D eigenvalue weighted by molar-refractivity contribution is -0.797. The highest BCUT2D eigenvalue weighted by molar-refractivity contribution is 7.80. The molecule has 2 saturated heterocycles. The number of ether oxygens (including phenoxy) is 1. The number of nitrogens with one attached hydrogen (secondary N) is 1. The molecule has 0 aliphatic carbocycles. The topological polar surface area (TPSA) is 249 Å². The van der Waals surface area contributed by atoms with E-state index in [4.69, 9.17) is 19.9 Å². The first-order valence-corrected chi connectivity index (χ1v) is 16.1. The van der Waals surface area contributed by atoms with Crippen molar-refractivity contribution in [3.8, 4) is 5.75 Å². The summed E-state index contributed by atoms with van der Waals surface area (Å²) in [5, 5.41) is 29.5. The van der Waals surface area contributed by atoms with Gasteiger partial charge in [-0.2, -0.15) is 18.2 Å². The quantitative estimate of drug-likeness (QED) is 0.0503. The molecule has 0 unspecified atom stereocenters. The molecule has 6 N–H and O–H groups in total. The number of nitrogens with zero attached hydrogens (tertiary/aromatic N) is 5. The van der Waals surface area contributed by atoms with Gasteiger partial charge in [0, 0.05) is 24.8 Å². The van der Waals surface area contributed by atoms with Gasteiger partial charge in [-0.3, -0.25) is 19.5 Å². The number of hydrogen-bond donors (Lipinski definition) is 5. The summed E-state index contributed by atoms with van der Waals surface area (Å²) >= 11 is 0.982. The van der Waals surface area contributed by atoms with E-state index in [-0.39, 0.29) is 16.9 Å². The van der Waals surface area contributed by atoms with Crippen molar-refractivity contribution in [2.45, 2.75) is 50.6 Å². The summed E-state index contributed by atoms with van der Waals surface area (Å²) in [5.74, 6) is -3.86. The number of aromatic nitrogens is 3. The number of carboxylic acids is 1. The van der Waals surface area contributed by atoms with Crippen molar-refractivity contribution >= 4 is 61.1 Å². The Morgan fingerprint density at radius 2 is 2.09 bits per heavy atom. The van der Waals surface area contributed by atoms with Crippen LogP contribution in [-0.4, -0.2) is 92.3 Å². The molecule has 18 nitrogen and oxygen atoms in total. The Hall–Kier alpha value is -4.21. The zero-order valence-corrected chi connectivity index (χ0v) is 26.4. The summed E-state index contributed by atoms with van der Waals surface area (Å²) < 4.78 is 45.0. The van der Waals surface area contributed by atoms with Crippen LogP contribution in [0.2, 0.25) is 0 Å². The summed E-state index contributed by atoms with van der Waals surface area (Å²) in [5.41, 5.74) is 4.80. The van der Waals surface area contributed by atoms with E-state index in [0.717, 1.165) is 28.7 Å². The van der Waals surface area contributed by atoms with Crippen molar-refractivity contribution in [2.24, 2.45) is 18.1 Å². The zero-order chi connectivity index (χ0) is 33.6. The van der Waals surface area contributed by atoms with Crippen molar-refractivity contribution in [2.75, 3.05) is 18.9 Å². The predicted molar refractivity (Wildman–Crippen MR) is 159 cm³/mol. The average Bonchev–Trinajstić information content (AvgIpc) is 3.69. The van der Waals surface area contributed by atoms with Crippen LogP contribution >= 0.6 is 11.3 Å². The Morgan fingerprint density at radius 3 is 2.67 bits per heavy atom. The minimum absolute atomic E-state index is 0.0291. The molecule has 2 aromatic heterocycles. The number of aryl methyl sites for hydroxylation is 1. The van der Waals surface area contributed by atoms with Gasteiger partial charge in [-0.1, -0.05) is 5.16 Å². The third kappa shape index (κ3) is 6.66. The van der Waals surface area contributed by atoms with E-state index in [2.05, 4.69) is 19.7 Å². The Morgan fingerprint density at radius 1 is 1.35 bits per heavy atom. The maximum Gasteiger partial charge on any atom is 0.418 e. The Bertz CT molecular complexity index is 1820. The van der Waals surface area contributed by atoms with Crippen LogP contribution in [0.1, 0.15) is 38.4 Å². The number of fused-ring (bicyclic) bond motifs is 1. The minimum atomic E-state index is -4.99. The molecule has 0 saturated carbocycles. The fraction of sp³-hybridized carbons (Fsp3) is 0.462. The third-order valence-corrected chi connectivity index (χ3v) is 8.88. The first-order chi connectivity index (χ1) is 21.6. The molecule has 3 aromatic rings. The SMILES string of the molecule is Cn1c2ccc(OC[C@H](O/N=C(\C(=O)C[C@@H]3C(=O)N(OS(=O)(=O)O)C3(C)C)c3csc(N)n3)C(=O)O)cc2c[n+]1[C@@H]1CCN[C@@H]1O. The maximum atomic E-state index is 13.3. The maximum absolute atomic E-state index is 13.3. The predicted octanol–water partition coefficient (Wildman–Crippen LogP) is -0.459. The minimum Gasteiger partial charge on any atom is -0.489 e. The molecule has 1 amide bonds. The number of carbonyl (C=O) groups is 3. The molecule has 4 atom stereocenters. The van der Waals surface area contributed by atoms with Crippen molar-refractivity contribution < 1.29 is 56.1 Å². The number of aliphatic carboxylic acids is 1. The van der Waals surface area contributed by atoms with Crippen LogP contribution in [0, 0.1) is 5.92 Å². The van der Waals surface area contributed by atoms with Crippen LogP contribution in [0.5, 0.6) is 5.75 Å². The lowest BCUT2D eigenvalue weighted by Crippen LogP contribution is -2.68. The fourth-order valence-electron chi connectivity index (χ4n) is 5.36. The van der Waals surface area contributed by atoms with Crippen molar-refractivity contribution in [1.82, 2.24) is 20.0 Å². The van der Waals surface area contributed by atoms with Crippen LogP contribution < -0.4 is 20.5 Å².